The molecule has 0 unspecified atom stereocenters. The molecule has 0 bridgehead atoms. The molecule has 0 saturated carbocycles. The summed E-state index contributed by atoms with van der Waals surface area (Å²) in [5, 5.41) is 9.45. The maximum atomic E-state index is 13.1. The number of carboxylic acid groups (broad SMARTS) is 1. The smallest absolute Gasteiger partial charge is 0.410 e. The lowest BCUT2D eigenvalue weighted by Crippen LogP contribution is -2.30. The number of ether oxygens (including phenoxy) is 1. The normalized spacial score (nSPS) is 19.6. The molecule has 2 atom stereocenters. The summed E-state index contributed by atoms with van der Waals surface area (Å²) in [6, 6.07) is 15.0. The largest absolute Gasteiger partial charge is 0.481 e. The van der Waals surface area contributed by atoms with Crippen molar-refractivity contribution in [3.8, 4) is 0 Å². The Labute approximate surface area is 144 Å². The molecular weight excluding hydrogens is 325 g/mol. The van der Waals surface area contributed by atoms with Crippen LogP contribution < -0.4 is 0 Å². The van der Waals surface area contributed by atoms with Crippen LogP contribution >= 0.6 is 0 Å². The summed E-state index contributed by atoms with van der Waals surface area (Å²) < 4.78 is 18.4. The van der Waals surface area contributed by atoms with Crippen LogP contribution in [-0.2, 0) is 16.1 Å². The van der Waals surface area contributed by atoms with Crippen LogP contribution in [0.4, 0.5) is 9.18 Å². The molecule has 2 aromatic carbocycles. The quantitative estimate of drug-likeness (QED) is 0.925. The zero-order valence-corrected chi connectivity index (χ0v) is 13.5. The average molecular weight is 343 g/mol. The number of rotatable bonds is 4. The molecule has 3 rings (SSSR count). The Kier molecular flexibility index (Phi) is 4.97. The van der Waals surface area contributed by atoms with E-state index in [9.17, 15) is 19.1 Å². The Hall–Kier alpha value is -2.89. The van der Waals surface area contributed by atoms with Crippen LogP contribution in [0.25, 0.3) is 0 Å². The molecule has 0 radical (unpaired) electrons. The fraction of sp³-hybridized carbons (Fsp3) is 0.263. The molecule has 0 aliphatic carbocycles. The van der Waals surface area contributed by atoms with Gasteiger partial charge < -0.3 is 14.7 Å². The van der Waals surface area contributed by atoms with Crippen molar-refractivity contribution in [1.29, 1.82) is 0 Å². The zero-order chi connectivity index (χ0) is 17.8. The van der Waals surface area contributed by atoms with Gasteiger partial charge in [-0.25, -0.2) is 9.18 Å². The molecular formula is C19H18FNO4. The lowest BCUT2D eigenvalue weighted by molar-refractivity contribution is -0.141. The third-order valence-electron chi connectivity index (χ3n) is 4.40. The molecule has 2 aromatic rings. The number of carboxylic acids is 1. The molecule has 1 N–H and O–H groups in total. The maximum absolute atomic E-state index is 13.1. The minimum absolute atomic E-state index is 0.0744. The topological polar surface area (TPSA) is 66.8 Å². The average Bonchev–Trinajstić information content (AvgIpc) is 3.07. The van der Waals surface area contributed by atoms with Gasteiger partial charge >= 0.3 is 12.1 Å². The molecule has 5 nitrogen and oxygen atoms in total. The Morgan fingerprint density at radius 1 is 1.08 bits per heavy atom. The first-order valence-corrected chi connectivity index (χ1v) is 7.98. The van der Waals surface area contributed by atoms with E-state index in [1.54, 1.807) is 12.1 Å². The summed E-state index contributed by atoms with van der Waals surface area (Å²) in [4.78, 5) is 25.2. The van der Waals surface area contributed by atoms with Crippen LogP contribution in [0.5, 0.6) is 0 Å². The first kappa shape index (κ1) is 17.0. The molecule has 130 valence electrons. The third-order valence-corrected chi connectivity index (χ3v) is 4.40. The first-order valence-electron chi connectivity index (χ1n) is 7.98. The Balaban J connectivity index is 1.68. The van der Waals surface area contributed by atoms with Crippen LogP contribution in [0, 0.1) is 11.7 Å². The van der Waals surface area contributed by atoms with Crippen LogP contribution in [0.1, 0.15) is 17.0 Å². The predicted molar refractivity (Wildman–Crippen MR) is 88.5 cm³/mol. The molecule has 1 saturated heterocycles. The molecule has 1 aliphatic rings. The second kappa shape index (κ2) is 7.34. The minimum atomic E-state index is -0.979. The molecule has 0 aromatic heterocycles. The number of amides is 1. The highest BCUT2D eigenvalue weighted by Gasteiger charge is 2.41. The van der Waals surface area contributed by atoms with Gasteiger partial charge in [0.2, 0.25) is 0 Å². The predicted octanol–water partition coefficient (Wildman–Crippen LogP) is 3.26. The van der Waals surface area contributed by atoms with Crippen LogP contribution in [0.3, 0.4) is 0 Å². The number of hydrogen-bond acceptors (Lipinski definition) is 3. The molecule has 25 heavy (non-hydrogen) atoms. The van der Waals surface area contributed by atoms with E-state index in [0.29, 0.717) is 5.56 Å². The fourth-order valence-corrected chi connectivity index (χ4v) is 3.06. The second-order valence-electron chi connectivity index (χ2n) is 6.05. The highest BCUT2D eigenvalue weighted by Crippen LogP contribution is 2.33. The van der Waals surface area contributed by atoms with Crippen molar-refractivity contribution >= 4 is 12.1 Å². The van der Waals surface area contributed by atoms with Crippen molar-refractivity contribution < 1.29 is 23.8 Å². The van der Waals surface area contributed by atoms with Gasteiger partial charge in [-0.15, -0.1) is 0 Å². The van der Waals surface area contributed by atoms with Gasteiger partial charge in [0.25, 0.3) is 0 Å². The number of nitrogens with zero attached hydrogens (tertiary/aromatic N) is 1. The number of aliphatic carboxylic acids is 1. The van der Waals surface area contributed by atoms with Gasteiger partial charge in [-0.05, 0) is 23.3 Å². The molecule has 1 amide bonds. The second-order valence-corrected chi connectivity index (χ2v) is 6.05. The highest BCUT2D eigenvalue weighted by atomic mass is 19.1. The number of benzene rings is 2. The summed E-state index contributed by atoms with van der Waals surface area (Å²) in [5.41, 5.74) is 1.56. The van der Waals surface area contributed by atoms with E-state index < -0.39 is 18.0 Å². The van der Waals surface area contributed by atoms with Crippen molar-refractivity contribution in [2.24, 2.45) is 5.92 Å². The number of hydrogen-bond donors (Lipinski definition) is 1. The number of likely N-dealkylation sites (tertiary alicyclic amines) is 1. The van der Waals surface area contributed by atoms with Gasteiger partial charge in [0.05, 0.1) is 5.92 Å². The van der Waals surface area contributed by atoms with E-state index in [2.05, 4.69) is 0 Å². The number of halogens is 1. The molecule has 1 heterocycles. The zero-order valence-electron chi connectivity index (χ0n) is 13.5. The monoisotopic (exact) mass is 343 g/mol. The summed E-state index contributed by atoms with van der Waals surface area (Å²) >= 11 is 0. The van der Waals surface area contributed by atoms with Crippen molar-refractivity contribution in [2.75, 3.05) is 13.1 Å². The van der Waals surface area contributed by atoms with E-state index >= 15 is 0 Å². The van der Waals surface area contributed by atoms with Crippen molar-refractivity contribution in [3.05, 3.63) is 71.5 Å². The van der Waals surface area contributed by atoms with Crippen LogP contribution in [0.15, 0.2) is 54.6 Å². The van der Waals surface area contributed by atoms with Gasteiger partial charge in [0.15, 0.2) is 0 Å². The van der Waals surface area contributed by atoms with Gasteiger partial charge in [-0.2, -0.15) is 0 Å². The van der Waals surface area contributed by atoms with Gasteiger partial charge in [0.1, 0.15) is 12.4 Å². The Bertz CT molecular complexity index is 748. The summed E-state index contributed by atoms with van der Waals surface area (Å²) in [6.45, 7) is 0.441. The van der Waals surface area contributed by atoms with E-state index in [0.717, 1.165) is 5.56 Å². The van der Waals surface area contributed by atoms with Gasteiger partial charge in [-0.3, -0.25) is 4.79 Å². The van der Waals surface area contributed by atoms with Gasteiger partial charge in [-0.1, -0.05) is 42.5 Å². The summed E-state index contributed by atoms with van der Waals surface area (Å²) in [5.74, 6) is -2.49. The fourth-order valence-electron chi connectivity index (χ4n) is 3.06. The Morgan fingerprint density at radius 3 is 2.40 bits per heavy atom. The van der Waals surface area contributed by atoms with E-state index in [1.165, 1.54) is 17.0 Å². The van der Waals surface area contributed by atoms with E-state index in [-0.39, 0.29) is 31.4 Å². The lowest BCUT2D eigenvalue weighted by atomic mass is 9.89. The first-order chi connectivity index (χ1) is 12.0. The molecule has 1 fully saturated rings. The van der Waals surface area contributed by atoms with Crippen LogP contribution in [0.2, 0.25) is 0 Å². The maximum Gasteiger partial charge on any atom is 0.410 e. The molecule has 1 aliphatic heterocycles. The minimum Gasteiger partial charge on any atom is -0.481 e. The van der Waals surface area contributed by atoms with Crippen molar-refractivity contribution in [2.45, 2.75) is 12.5 Å². The van der Waals surface area contributed by atoms with Crippen LogP contribution in [-0.4, -0.2) is 35.2 Å². The van der Waals surface area contributed by atoms with Gasteiger partial charge in [0, 0.05) is 19.0 Å². The standard InChI is InChI=1S/C19H18FNO4/c20-15-8-6-14(7-9-15)16-10-21(11-17(16)18(22)23)19(24)25-12-13-4-2-1-3-5-13/h1-9,16-17H,10-12H2,(H,22,23)/t16-,17-/m1/s1. The lowest BCUT2D eigenvalue weighted by Gasteiger charge is -2.16. The Morgan fingerprint density at radius 2 is 1.76 bits per heavy atom. The van der Waals surface area contributed by atoms with E-state index in [1.807, 2.05) is 30.3 Å². The highest BCUT2D eigenvalue weighted by molar-refractivity contribution is 5.75. The summed E-state index contributed by atoms with van der Waals surface area (Å²) in [7, 11) is 0. The molecule has 6 heteroatoms. The van der Waals surface area contributed by atoms with Crippen molar-refractivity contribution in [1.82, 2.24) is 4.90 Å². The SMILES string of the molecule is O=C(O)[C@@H]1CN(C(=O)OCc2ccccc2)C[C@@H]1c1ccc(F)cc1. The summed E-state index contributed by atoms with van der Waals surface area (Å²) in [6.07, 6.45) is -0.542. The van der Waals surface area contributed by atoms with Crippen molar-refractivity contribution in [3.63, 3.8) is 0 Å². The van der Waals surface area contributed by atoms with E-state index in [4.69, 9.17) is 4.74 Å². The third kappa shape index (κ3) is 3.96. The molecule has 0 spiro atoms. The number of carbonyl (C=O) groups excluding carboxylic acids is 1. The number of carbonyl (C=O) groups is 2.